The van der Waals surface area contributed by atoms with Crippen LogP contribution in [-0.4, -0.2) is 59.4 Å². The molecule has 176 valence electrons. The van der Waals surface area contributed by atoms with Crippen molar-refractivity contribution in [1.29, 1.82) is 5.26 Å². The number of fused-ring (bicyclic) bond motifs is 1. The Kier molecular flexibility index (Phi) is 6.39. The number of hydrogen-bond donors (Lipinski definition) is 1. The van der Waals surface area contributed by atoms with E-state index in [-0.39, 0.29) is 18.0 Å². The first kappa shape index (κ1) is 23.0. The number of nitrogens with one attached hydrogen (secondary N) is 1. The van der Waals surface area contributed by atoms with E-state index in [1.807, 2.05) is 40.8 Å². The molecule has 34 heavy (non-hydrogen) atoms. The summed E-state index contributed by atoms with van der Waals surface area (Å²) in [5.74, 6) is 0.220. The largest absolute Gasteiger partial charge is 0.368 e. The summed E-state index contributed by atoms with van der Waals surface area (Å²) in [5.41, 5.74) is 3.20. The molecule has 0 spiro atoms. The minimum atomic E-state index is -0.182. The van der Waals surface area contributed by atoms with Crippen LogP contribution < -0.4 is 10.2 Å². The molecule has 7 nitrogen and oxygen atoms in total. The fourth-order valence-electron chi connectivity index (χ4n) is 4.97. The zero-order valence-corrected chi connectivity index (χ0v) is 20.5. The van der Waals surface area contributed by atoms with Crippen molar-refractivity contribution < 1.29 is 4.79 Å². The lowest BCUT2D eigenvalue weighted by Gasteiger charge is -2.37. The number of nitriles is 1. The van der Waals surface area contributed by atoms with Gasteiger partial charge in [-0.25, -0.2) is 0 Å². The van der Waals surface area contributed by atoms with Crippen molar-refractivity contribution in [3.05, 3.63) is 57.7 Å². The van der Waals surface area contributed by atoms with Crippen LogP contribution in [-0.2, 0) is 4.79 Å². The Bertz CT molecular complexity index is 1270. The summed E-state index contributed by atoms with van der Waals surface area (Å²) in [6, 6.07) is 13.5. The molecule has 2 saturated heterocycles. The molecule has 9 heteroatoms. The van der Waals surface area contributed by atoms with Crippen LogP contribution in [0, 0.1) is 11.3 Å². The Hall–Kier alpha value is -2.79. The van der Waals surface area contributed by atoms with Gasteiger partial charge in [-0.3, -0.25) is 9.48 Å². The number of halogens is 2. The first-order chi connectivity index (χ1) is 16.5. The number of benzene rings is 2. The fraction of sp³-hybridized carbons (Fsp3) is 0.400. The molecule has 2 atom stereocenters. The predicted octanol–water partition coefficient (Wildman–Crippen LogP) is 4.22. The van der Waals surface area contributed by atoms with Crippen molar-refractivity contribution in [3.63, 3.8) is 0 Å². The van der Waals surface area contributed by atoms with Crippen LogP contribution in [0.3, 0.4) is 0 Å². The minimum absolute atomic E-state index is 0.0252. The van der Waals surface area contributed by atoms with Gasteiger partial charge in [-0.1, -0.05) is 29.3 Å². The SMILES string of the molecule is CC(c1ccc(Cl)cc1Cl)n1nc(C#N)c2ccc(N3CCN(C(=O)C4CCCN4)CC3)cc21. The van der Waals surface area contributed by atoms with Gasteiger partial charge >= 0.3 is 0 Å². The average molecular weight is 497 g/mol. The Balaban J connectivity index is 1.41. The summed E-state index contributed by atoms with van der Waals surface area (Å²) in [5, 5.41) is 19.5. The summed E-state index contributed by atoms with van der Waals surface area (Å²) >= 11 is 12.5. The van der Waals surface area contributed by atoms with Gasteiger partial charge in [0.2, 0.25) is 5.91 Å². The van der Waals surface area contributed by atoms with Crippen LogP contribution in [0.1, 0.15) is 37.1 Å². The molecule has 2 unspecified atom stereocenters. The van der Waals surface area contributed by atoms with Gasteiger partial charge in [-0.05, 0) is 62.2 Å². The number of rotatable bonds is 4. The second kappa shape index (κ2) is 9.46. The van der Waals surface area contributed by atoms with Gasteiger partial charge in [-0.2, -0.15) is 10.4 Å². The summed E-state index contributed by atoms with van der Waals surface area (Å²) in [6.07, 6.45) is 1.99. The molecule has 1 amide bonds. The van der Waals surface area contributed by atoms with Crippen LogP contribution in [0.5, 0.6) is 0 Å². The lowest BCUT2D eigenvalue weighted by Crippen LogP contribution is -2.53. The normalized spacial score (nSPS) is 19.4. The number of carbonyl (C=O) groups is 1. The van der Waals surface area contributed by atoms with Crippen molar-refractivity contribution in [2.24, 2.45) is 0 Å². The van der Waals surface area contributed by atoms with Gasteiger partial charge in [0.15, 0.2) is 5.69 Å². The summed E-state index contributed by atoms with van der Waals surface area (Å²) < 4.78 is 1.86. The van der Waals surface area contributed by atoms with Gasteiger partial charge < -0.3 is 15.1 Å². The monoisotopic (exact) mass is 496 g/mol. The molecular formula is C25H26Cl2N6O. The van der Waals surface area contributed by atoms with Crippen LogP contribution in [0.4, 0.5) is 5.69 Å². The van der Waals surface area contributed by atoms with Crippen molar-refractivity contribution in [1.82, 2.24) is 20.0 Å². The molecule has 2 aliphatic rings. The number of hydrogen-bond acceptors (Lipinski definition) is 5. The average Bonchev–Trinajstić information content (AvgIpc) is 3.51. The third-order valence-corrected chi connectivity index (χ3v) is 7.45. The quantitative estimate of drug-likeness (QED) is 0.584. The highest BCUT2D eigenvalue weighted by molar-refractivity contribution is 6.35. The lowest BCUT2D eigenvalue weighted by atomic mass is 10.1. The van der Waals surface area contributed by atoms with Gasteiger partial charge in [0.05, 0.1) is 17.6 Å². The van der Waals surface area contributed by atoms with Gasteiger partial charge in [0, 0.05) is 47.3 Å². The first-order valence-corrected chi connectivity index (χ1v) is 12.4. The third kappa shape index (κ3) is 4.22. The topological polar surface area (TPSA) is 77.2 Å². The van der Waals surface area contributed by atoms with E-state index in [0.717, 1.165) is 54.6 Å². The second-order valence-electron chi connectivity index (χ2n) is 8.91. The van der Waals surface area contributed by atoms with Gasteiger partial charge in [0.25, 0.3) is 0 Å². The fourth-order valence-corrected chi connectivity index (χ4v) is 5.54. The van der Waals surface area contributed by atoms with Crippen LogP contribution in [0.25, 0.3) is 10.9 Å². The highest BCUT2D eigenvalue weighted by Crippen LogP contribution is 2.33. The Morgan fingerprint density at radius 2 is 1.97 bits per heavy atom. The van der Waals surface area contributed by atoms with E-state index in [2.05, 4.69) is 27.5 Å². The molecule has 1 N–H and O–H groups in total. The number of nitrogens with zero attached hydrogens (tertiary/aromatic N) is 5. The number of piperazine rings is 1. The van der Waals surface area contributed by atoms with Crippen molar-refractivity contribution in [2.75, 3.05) is 37.6 Å². The van der Waals surface area contributed by atoms with Crippen molar-refractivity contribution >= 4 is 45.7 Å². The number of amides is 1. The molecule has 2 aromatic carbocycles. The highest BCUT2D eigenvalue weighted by atomic mass is 35.5. The maximum absolute atomic E-state index is 12.7. The zero-order chi connectivity index (χ0) is 23.8. The number of aromatic nitrogens is 2. The molecule has 0 bridgehead atoms. The second-order valence-corrected chi connectivity index (χ2v) is 9.75. The van der Waals surface area contributed by atoms with E-state index < -0.39 is 0 Å². The smallest absolute Gasteiger partial charge is 0.239 e. The van der Waals surface area contributed by atoms with Gasteiger partial charge in [0.1, 0.15) is 6.07 Å². The Morgan fingerprint density at radius 3 is 2.65 bits per heavy atom. The summed E-state index contributed by atoms with van der Waals surface area (Å²) in [7, 11) is 0. The number of carbonyl (C=O) groups excluding carboxylic acids is 1. The highest BCUT2D eigenvalue weighted by Gasteiger charge is 2.29. The Labute approximate surface area is 208 Å². The molecule has 2 fully saturated rings. The molecular weight excluding hydrogens is 471 g/mol. The third-order valence-electron chi connectivity index (χ3n) is 6.89. The van der Waals surface area contributed by atoms with E-state index in [1.165, 1.54) is 0 Å². The molecule has 0 saturated carbocycles. The van der Waals surface area contributed by atoms with Gasteiger partial charge in [-0.15, -0.1) is 0 Å². The lowest BCUT2D eigenvalue weighted by molar-refractivity contribution is -0.133. The molecule has 5 rings (SSSR count). The van der Waals surface area contributed by atoms with Crippen molar-refractivity contribution in [3.8, 4) is 6.07 Å². The maximum atomic E-state index is 12.7. The summed E-state index contributed by atoms with van der Waals surface area (Å²) in [4.78, 5) is 17.0. The number of anilines is 1. The molecule has 0 radical (unpaired) electrons. The minimum Gasteiger partial charge on any atom is -0.368 e. The van der Waals surface area contributed by atoms with E-state index in [9.17, 15) is 10.1 Å². The maximum Gasteiger partial charge on any atom is 0.239 e. The first-order valence-electron chi connectivity index (χ1n) is 11.6. The van der Waals surface area contributed by atoms with Crippen LogP contribution >= 0.6 is 23.2 Å². The standard InChI is InChI=1S/C25H26Cl2N6O/c1-16(19-6-4-17(26)13-21(19)27)33-24-14-18(5-7-20(24)23(15-28)30-33)31-9-11-32(12-10-31)25(34)22-3-2-8-29-22/h4-7,13-14,16,22,29H,2-3,8-12H2,1H3. The van der Waals surface area contributed by atoms with E-state index in [4.69, 9.17) is 23.2 Å². The molecule has 2 aliphatic heterocycles. The molecule has 3 heterocycles. The van der Waals surface area contributed by atoms with Crippen LogP contribution in [0.2, 0.25) is 10.0 Å². The van der Waals surface area contributed by atoms with Crippen LogP contribution in [0.15, 0.2) is 36.4 Å². The van der Waals surface area contributed by atoms with E-state index in [1.54, 1.807) is 6.07 Å². The zero-order valence-electron chi connectivity index (χ0n) is 19.0. The molecule has 3 aromatic rings. The summed E-state index contributed by atoms with van der Waals surface area (Å²) in [6.45, 7) is 5.87. The molecule has 1 aromatic heterocycles. The predicted molar refractivity (Wildman–Crippen MR) is 135 cm³/mol. The van der Waals surface area contributed by atoms with Crippen molar-refractivity contribution in [2.45, 2.75) is 31.8 Å². The molecule has 0 aliphatic carbocycles. The van der Waals surface area contributed by atoms with E-state index in [0.29, 0.717) is 28.8 Å². The van der Waals surface area contributed by atoms with E-state index >= 15 is 0 Å². The Morgan fingerprint density at radius 1 is 1.18 bits per heavy atom.